The number of rotatable bonds is 1. The van der Waals surface area contributed by atoms with Gasteiger partial charge in [-0.1, -0.05) is 26.7 Å². The number of carboxylic acid groups (broad SMARTS) is 1. The van der Waals surface area contributed by atoms with Gasteiger partial charge < -0.3 is 5.11 Å². The molecule has 0 aliphatic heterocycles. The van der Waals surface area contributed by atoms with Gasteiger partial charge in [0, 0.05) is 0 Å². The van der Waals surface area contributed by atoms with E-state index in [1.165, 1.54) is 6.42 Å². The van der Waals surface area contributed by atoms with Gasteiger partial charge in [0.05, 0.1) is 5.41 Å². The summed E-state index contributed by atoms with van der Waals surface area (Å²) in [6, 6.07) is 0. The summed E-state index contributed by atoms with van der Waals surface area (Å²) in [6.45, 7) is 4.23. The van der Waals surface area contributed by atoms with Gasteiger partial charge in [-0.3, -0.25) is 4.79 Å². The van der Waals surface area contributed by atoms with Gasteiger partial charge in [0.15, 0.2) is 0 Å². The van der Waals surface area contributed by atoms with Crippen molar-refractivity contribution in [2.24, 2.45) is 16.7 Å². The normalized spacial score (nSPS) is 41.8. The van der Waals surface area contributed by atoms with Crippen molar-refractivity contribution in [3.63, 3.8) is 0 Å². The molecule has 2 unspecified atom stereocenters. The van der Waals surface area contributed by atoms with E-state index in [1.54, 1.807) is 0 Å². The fourth-order valence-electron chi connectivity index (χ4n) is 3.65. The lowest BCUT2D eigenvalue weighted by Gasteiger charge is -2.61. The van der Waals surface area contributed by atoms with Crippen LogP contribution in [-0.4, -0.2) is 11.1 Å². The van der Waals surface area contributed by atoms with Gasteiger partial charge in [0.2, 0.25) is 0 Å². The second kappa shape index (κ2) is 2.49. The first-order valence-corrected chi connectivity index (χ1v) is 5.24. The van der Waals surface area contributed by atoms with Crippen LogP contribution in [0.5, 0.6) is 0 Å². The average molecular weight is 182 g/mol. The standard InChI is InChI=1S/C11H18O2/c1-10(2)7-8-5-3-4-6-11(8,10)9(12)13/h8H,3-7H2,1-2H3,(H,12,13). The minimum Gasteiger partial charge on any atom is -0.481 e. The van der Waals surface area contributed by atoms with Crippen molar-refractivity contribution in [3.8, 4) is 0 Å². The Bertz CT molecular complexity index is 244. The van der Waals surface area contributed by atoms with Gasteiger partial charge in [-0.15, -0.1) is 0 Å². The topological polar surface area (TPSA) is 37.3 Å². The SMILES string of the molecule is CC1(C)CC2CCCCC21C(=O)O. The van der Waals surface area contributed by atoms with Crippen LogP contribution in [-0.2, 0) is 4.79 Å². The van der Waals surface area contributed by atoms with Crippen LogP contribution in [0.2, 0.25) is 0 Å². The van der Waals surface area contributed by atoms with Crippen molar-refractivity contribution in [1.82, 2.24) is 0 Å². The molecule has 74 valence electrons. The van der Waals surface area contributed by atoms with Crippen LogP contribution < -0.4 is 0 Å². The molecule has 2 nitrogen and oxygen atoms in total. The van der Waals surface area contributed by atoms with E-state index in [-0.39, 0.29) is 10.8 Å². The van der Waals surface area contributed by atoms with Crippen LogP contribution in [0.15, 0.2) is 0 Å². The second-order valence-corrected chi connectivity index (χ2v) is 5.31. The second-order valence-electron chi connectivity index (χ2n) is 5.31. The van der Waals surface area contributed by atoms with E-state index in [1.807, 2.05) is 0 Å². The van der Waals surface area contributed by atoms with Crippen LogP contribution in [0.25, 0.3) is 0 Å². The highest BCUT2D eigenvalue weighted by molar-refractivity contribution is 5.78. The molecule has 0 amide bonds. The first-order chi connectivity index (χ1) is 6.01. The molecule has 13 heavy (non-hydrogen) atoms. The Morgan fingerprint density at radius 3 is 2.46 bits per heavy atom. The van der Waals surface area contributed by atoms with Gasteiger partial charge in [0.25, 0.3) is 0 Å². The van der Waals surface area contributed by atoms with Crippen LogP contribution in [0.1, 0.15) is 46.0 Å². The zero-order valence-electron chi connectivity index (χ0n) is 8.47. The average Bonchev–Trinajstić information content (AvgIpc) is 2.02. The van der Waals surface area contributed by atoms with Crippen molar-refractivity contribution in [3.05, 3.63) is 0 Å². The summed E-state index contributed by atoms with van der Waals surface area (Å²) in [4.78, 5) is 11.4. The number of hydrogen-bond donors (Lipinski definition) is 1. The van der Waals surface area contributed by atoms with Gasteiger partial charge in [-0.25, -0.2) is 0 Å². The largest absolute Gasteiger partial charge is 0.481 e. The molecule has 0 spiro atoms. The summed E-state index contributed by atoms with van der Waals surface area (Å²) < 4.78 is 0. The number of carbonyl (C=O) groups is 1. The highest BCUT2D eigenvalue weighted by Gasteiger charge is 2.65. The molecule has 2 heteroatoms. The molecular formula is C11H18O2. The van der Waals surface area contributed by atoms with Gasteiger partial charge in [-0.05, 0) is 30.6 Å². The fraction of sp³-hybridized carbons (Fsp3) is 0.909. The Morgan fingerprint density at radius 1 is 1.38 bits per heavy atom. The summed E-state index contributed by atoms with van der Waals surface area (Å²) in [5, 5.41) is 9.35. The Labute approximate surface area is 79.3 Å². The number of hydrogen-bond acceptors (Lipinski definition) is 1. The lowest BCUT2D eigenvalue weighted by Crippen LogP contribution is -2.61. The van der Waals surface area contributed by atoms with E-state index in [4.69, 9.17) is 0 Å². The zero-order chi connectivity index (χ0) is 9.69. The molecular weight excluding hydrogens is 164 g/mol. The predicted octanol–water partition coefficient (Wildman–Crippen LogP) is 2.68. The Balaban J connectivity index is 2.31. The number of carboxylic acids is 1. The zero-order valence-corrected chi connectivity index (χ0v) is 8.47. The van der Waals surface area contributed by atoms with Crippen molar-refractivity contribution < 1.29 is 9.90 Å². The smallest absolute Gasteiger partial charge is 0.310 e. The quantitative estimate of drug-likeness (QED) is 0.677. The molecule has 2 fully saturated rings. The molecule has 0 heterocycles. The molecule has 0 radical (unpaired) electrons. The minimum absolute atomic E-state index is 0.0317. The molecule has 1 N–H and O–H groups in total. The summed E-state index contributed by atoms with van der Waals surface area (Å²) in [7, 11) is 0. The molecule has 0 bridgehead atoms. The summed E-state index contributed by atoms with van der Waals surface area (Å²) in [5.74, 6) is -0.0813. The summed E-state index contributed by atoms with van der Waals surface area (Å²) in [5.41, 5.74) is -0.338. The summed E-state index contributed by atoms with van der Waals surface area (Å²) >= 11 is 0. The molecule has 2 aliphatic carbocycles. The van der Waals surface area contributed by atoms with E-state index in [9.17, 15) is 9.90 Å². The minimum atomic E-state index is -0.548. The van der Waals surface area contributed by atoms with Crippen LogP contribution in [0, 0.1) is 16.7 Å². The molecule has 0 aromatic carbocycles. The van der Waals surface area contributed by atoms with E-state index in [0.29, 0.717) is 5.92 Å². The maximum Gasteiger partial charge on any atom is 0.310 e. The Hall–Kier alpha value is -0.530. The lowest BCUT2D eigenvalue weighted by molar-refractivity contribution is -0.196. The monoisotopic (exact) mass is 182 g/mol. The van der Waals surface area contributed by atoms with Crippen molar-refractivity contribution >= 4 is 5.97 Å². The van der Waals surface area contributed by atoms with Crippen LogP contribution in [0.4, 0.5) is 0 Å². The maximum absolute atomic E-state index is 11.4. The molecule has 2 aliphatic rings. The number of aliphatic carboxylic acids is 1. The van der Waals surface area contributed by atoms with Crippen molar-refractivity contribution in [2.75, 3.05) is 0 Å². The van der Waals surface area contributed by atoms with Gasteiger partial charge in [0.1, 0.15) is 0 Å². The molecule has 2 atom stereocenters. The van der Waals surface area contributed by atoms with Crippen LogP contribution in [0.3, 0.4) is 0 Å². The lowest BCUT2D eigenvalue weighted by atomic mass is 9.41. The molecule has 2 saturated carbocycles. The van der Waals surface area contributed by atoms with E-state index in [2.05, 4.69) is 13.8 Å². The van der Waals surface area contributed by atoms with Crippen LogP contribution >= 0.6 is 0 Å². The highest BCUT2D eigenvalue weighted by atomic mass is 16.4. The van der Waals surface area contributed by atoms with Crippen molar-refractivity contribution in [2.45, 2.75) is 46.0 Å². The first-order valence-electron chi connectivity index (χ1n) is 5.24. The van der Waals surface area contributed by atoms with Crippen molar-refractivity contribution in [1.29, 1.82) is 0 Å². The fourth-order valence-corrected chi connectivity index (χ4v) is 3.65. The first kappa shape index (κ1) is 9.04. The Kier molecular flexibility index (Phi) is 1.73. The Morgan fingerprint density at radius 2 is 2.08 bits per heavy atom. The van der Waals surface area contributed by atoms with E-state index in [0.717, 1.165) is 25.7 Å². The predicted molar refractivity (Wildman–Crippen MR) is 50.4 cm³/mol. The molecule has 0 saturated heterocycles. The molecule has 2 rings (SSSR count). The maximum atomic E-state index is 11.4. The summed E-state index contributed by atoms with van der Waals surface area (Å²) in [6.07, 6.45) is 5.48. The van der Waals surface area contributed by atoms with E-state index < -0.39 is 5.97 Å². The molecule has 0 aromatic rings. The third-order valence-corrected chi connectivity index (χ3v) is 4.42. The van der Waals surface area contributed by atoms with Gasteiger partial charge >= 0.3 is 5.97 Å². The molecule has 0 aromatic heterocycles. The highest BCUT2D eigenvalue weighted by Crippen LogP contribution is 2.66. The van der Waals surface area contributed by atoms with Gasteiger partial charge in [-0.2, -0.15) is 0 Å². The number of fused-ring (bicyclic) bond motifs is 1. The third-order valence-electron chi connectivity index (χ3n) is 4.42. The van der Waals surface area contributed by atoms with E-state index >= 15 is 0 Å². The third kappa shape index (κ3) is 0.918.